The Bertz CT molecular complexity index is 629. The number of hydrogen-bond acceptors (Lipinski definition) is 2. The lowest BCUT2D eigenvalue weighted by atomic mass is 10.0. The average molecular weight is 239 g/mol. The van der Waals surface area contributed by atoms with Crippen molar-refractivity contribution in [3.8, 4) is 11.1 Å². The van der Waals surface area contributed by atoms with E-state index in [4.69, 9.17) is 10.6 Å². The number of nitrogens with zero attached hydrogens (tertiary/aromatic N) is 3. The molecule has 0 radical (unpaired) electrons. The summed E-state index contributed by atoms with van der Waals surface area (Å²) in [7, 11) is 0. The largest absolute Gasteiger partial charge is 0.478 e. The molecule has 0 aliphatic heterocycles. The first-order chi connectivity index (χ1) is 8.70. The number of hydrogen-bond donors (Lipinski definition) is 1. The van der Waals surface area contributed by atoms with E-state index in [0.29, 0.717) is 5.69 Å². The van der Waals surface area contributed by atoms with Crippen molar-refractivity contribution in [2.75, 3.05) is 0 Å². The van der Waals surface area contributed by atoms with Gasteiger partial charge in [-0.1, -0.05) is 35.4 Å². The van der Waals surface area contributed by atoms with Crippen LogP contribution in [0.2, 0.25) is 0 Å². The van der Waals surface area contributed by atoms with Crippen LogP contribution in [0, 0.1) is 0 Å². The van der Waals surface area contributed by atoms with E-state index in [1.54, 1.807) is 30.3 Å². The van der Waals surface area contributed by atoms with Crippen LogP contribution in [-0.2, 0) is 0 Å². The van der Waals surface area contributed by atoms with Crippen molar-refractivity contribution in [2.24, 2.45) is 5.11 Å². The molecule has 2 rings (SSSR count). The molecule has 1 N–H and O–H groups in total. The van der Waals surface area contributed by atoms with E-state index < -0.39 is 5.97 Å². The predicted octanol–water partition coefficient (Wildman–Crippen LogP) is 3.99. The number of azide groups is 1. The molecule has 5 nitrogen and oxygen atoms in total. The highest BCUT2D eigenvalue weighted by molar-refractivity contribution is 5.88. The molecule has 0 spiro atoms. The maximum absolute atomic E-state index is 10.7. The Hall–Kier alpha value is -2.78. The lowest BCUT2D eigenvalue weighted by Crippen LogP contribution is -1.94. The summed E-state index contributed by atoms with van der Waals surface area (Å²) in [5.41, 5.74) is 10.9. The van der Waals surface area contributed by atoms with Gasteiger partial charge in [-0.05, 0) is 34.9 Å². The first-order valence-electron chi connectivity index (χ1n) is 5.19. The molecular formula is C13H9N3O2. The van der Waals surface area contributed by atoms with E-state index in [2.05, 4.69) is 10.0 Å². The van der Waals surface area contributed by atoms with E-state index in [0.717, 1.165) is 11.1 Å². The Morgan fingerprint density at radius 1 is 1.11 bits per heavy atom. The van der Waals surface area contributed by atoms with Gasteiger partial charge in [-0.25, -0.2) is 4.79 Å². The molecule has 0 unspecified atom stereocenters. The van der Waals surface area contributed by atoms with Gasteiger partial charge in [0.15, 0.2) is 0 Å². The van der Waals surface area contributed by atoms with Crippen LogP contribution in [0.15, 0.2) is 53.6 Å². The van der Waals surface area contributed by atoms with E-state index in [9.17, 15) is 4.79 Å². The fraction of sp³-hybridized carbons (Fsp3) is 0. The number of rotatable bonds is 3. The smallest absolute Gasteiger partial charge is 0.335 e. The maximum Gasteiger partial charge on any atom is 0.335 e. The Labute approximate surface area is 103 Å². The van der Waals surface area contributed by atoms with E-state index in [1.165, 1.54) is 12.1 Å². The molecule has 0 bridgehead atoms. The Kier molecular flexibility index (Phi) is 3.27. The van der Waals surface area contributed by atoms with E-state index in [1.807, 2.05) is 6.07 Å². The lowest BCUT2D eigenvalue weighted by molar-refractivity contribution is 0.0697. The van der Waals surface area contributed by atoms with Crippen LogP contribution in [0.3, 0.4) is 0 Å². The third-order valence-corrected chi connectivity index (χ3v) is 2.47. The zero-order chi connectivity index (χ0) is 13.0. The molecule has 0 aromatic heterocycles. The van der Waals surface area contributed by atoms with Crippen LogP contribution < -0.4 is 0 Å². The summed E-state index contributed by atoms with van der Waals surface area (Å²) in [4.78, 5) is 13.5. The van der Waals surface area contributed by atoms with Crippen molar-refractivity contribution in [1.82, 2.24) is 0 Å². The number of aromatic carboxylic acids is 1. The summed E-state index contributed by atoms with van der Waals surface area (Å²) < 4.78 is 0. The quantitative estimate of drug-likeness (QED) is 0.498. The summed E-state index contributed by atoms with van der Waals surface area (Å²) in [6.45, 7) is 0. The molecule has 88 valence electrons. The van der Waals surface area contributed by atoms with Gasteiger partial charge >= 0.3 is 5.97 Å². The van der Waals surface area contributed by atoms with Crippen molar-refractivity contribution in [2.45, 2.75) is 0 Å². The van der Waals surface area contributed by atoms with Crippen molar-refractivity contribution < 1.29 is 9.90 Å². The zero-order valence-electron chi connectivity index (χ0n) is 9.32. The van der Waals surface area contributed by atoms with Gasteiger partial charge in [-0.2, -0.15) is 0 Å². The molecule has 0 saturated carbocycles. The van der Waals surface area contributed by atoms with Crippen LogP contribution in [0.5, 0.6) is 0 Å². The summed E-state index contributed by atoms with van der Waals surface area (Å²) >= 11 is 0. The van der Waals surface area contributed by atoms with Gasteiger partial charge in [0.2, 0.25) is 0 Å². The standard InChI is InChI=1S/C13H9N3O2/c14-16-15-12-3-1-2-11(8-12)9-4-6-10(7-5-9)13(17)18/h1-8H,(H,17,18). The van der Waals surface area contributed by atoms with Gasteiger partial charge in [0.05, 0.1) is 5.56 Å². The molecule has 0 amide bonds. The Morgan fingerprint density at radius 2 is 1.83 bits per heavy atom. The monoisotopic (exact) mass is 239 g/mol. The van der Waals surface area contributed by atoms with Crippen LogP contribution in [0.1, 0.15) is 10.4 Å². The second-order valence-electron chi connectivity index (χ2n) is 3.62. The topological polar surface area (TPSA) is 86.1 Å². The third kappa shape index (κ3) is 2.48. The second kappa shape index (κ2) is 5.03. The lowest BCUT2D eigenvalue weighted by Gasteiger charge is -2.03. The number of carbonyl (C=O) groups is 1. The van der Waals surface area contributed by atoms with Crippen LogP contribution in [-0.4, -0.2) is 11.1 Å². The zero-order valence-corrected chi connectivity index (χ0v) is 9.32. The molecule has 18 heavy (non-hydrogen) atoms. The molecule has 0 aliphatic rings. The number of carboxylic acids is 1. The molecule has 0 heterocycles. The van der Waals surface area contributed by atoms with Gasteiger partial charge in [-0.3, -0.25) is 0 Å². The van der Waals surface area contributed by atoms with Crippen molar-refractivity contribution in [3.63, 3.8) is 0 Å². The van der Waals surface area contributed by atoms with Gasteiger partial charge in [-0.15, -0.1) is 0 Å². The Balaban J connectivity index is 2.39. The summed E-state index contributed by atoms with van der Waals surface area (Å²) in [6, 6.07) is 13.6. The highest BCUT2D eigenvalue weighted by atomic mass is 16.4. The molecule has 0 atom stereocenters. The second-order valence-corrected chi connectivity index (χ2v) is 3.62. The normalized spacial score (nSPS) is 9.56. The first kappa shape index (κ1) is 11.7. The first-order valence-corrected chi connectivity index (χ1v) is 5.19. The molecule has 2 aromatic carbocycles. The van der Waals surface area contributed by atoms with Crippen molar-refractivity contribution in [1.29, 1.82) is 0 Å². The van der Waals surface area contributed by atoms with Gasteiger partial charge < -0.3 is 5.11 Å². The number of benzene rings is 2. The van der Waals surface area contributed by atoms with E-state index >= 15 is 0 Å². The highest BCUT2D eigenvalue weighted by Gasteiger charge is 2.03. The predicted molar refractivity (Wildman–Crippen MR) is 67.6 cm³/mol. The van der Waals surface area contributed by atoms with Crippen LogP contribution in [0.4, 0.5) is 5.69 Å². The van der Waals surface area contributed by atoms with Crippen LogP contribution >= 0.6 is 0 Å². The SMILES string of the molecule is [N-]=[N+]=Nc1cccc(-c2ccc(C(=O)O)cc2)c1. The van der Waals surface area contributed by atoms with Crippen molar-refractivity contribution >= 4 is 11.7 Å². The van der Waals surface area contributed by atoms with E-state index in [-0.39, 0.29) is 5.56 Å². The molecule has 2 aromatic rings. The number of carboxylic acid groups (broad SMARTS) is 1. The molecule has 0 saturated heterocycles. The fourth-order valence-electron chi connectivity index (χ4n) is 1.60. The summed E-state index contributed by atoms with van der Waals surface area (Å²) in [5.74, 6) is -0.954. The van der Waals surface area contributed by atoms with Crippen LogP contribution in [0.25, 0.3) is 21.6 Å². The molecule has 0 fully saturated rings. The minimum Gasteiger partial charge on any atom is -0.478 e. The van der Waals surface area contributed by atoms with Gasteiger partial charge in [0.25, 0.3) is 0 Å². The fourth-order valence-corrected chi connectivity index (χ4v) is 1.60. The molecular weight excluding hydrogens is 230 g/mol. The van der Waals surface area contributed by atoms with Gasteiger partial charge in [0, 0.05) is 10.6 Å². The summed E-state index contributed by atoms with van der Waals surface area (Å²) in [6.07, 6.45) is 0. The summed E-state index contributed by atoms with van der Waals surface area (Å²) in [5, 5.41) is 12.3. The Morgan fingerprint density at radius 3 is 2.44 bits per heavy atom. The highest BCUT2D eigenvalue weighted by Crippen LogP contribution is 2.24. The minimum atomic E-state index is -0.954. The molecule has 0 aliphatic carbocycles. The van der Waals surface area contributed by atoms with Gasteiger partial charge in [0.1, 0.15) is 0 Å². The third-order valence-electron chi connectivity index (χ3n) is 2.47. The maximum atomic E-state index is 10.7. The molecule has 5 heteroatoms. The average Bonchev–Trinajstić information content (AvgIpc) is 2.39. The van der Waals surface area contributed by atoms with Crippen molar-refractivity contribution in [3.05, 3.63) is 64.5 Å². The minimum absolute atomic E-state index is 0.241.